The fourth-order valence-corrected chi connectivity index (χ4v) is 5.39. The van der Waals surface area contributed by atoms with Crippen LogP contribution >= 0.6 is 0 Å². The molecule has 0 radical (unpaired) electrons. The van der Waals surface area contributed by atoms with Gasteiger partial charge in [-0.05, 0) is 39.5 Å². The average molecular weight is 501 g/mol. The number of nitrogens with zero attached hydrogens (tertiary/aromatic N) is 4. The summed E-state index contributed by atoms with van der Waals surface area (Å²) in [5.41, 5.74) is -0.884. The van der Waals surface area contributed by atoms with Gasteiger partial charge in [-0.1, -0.05) is 130 Å². The van der Waals surface area contributed by atoms with Crippen LogP contribution in [0.1, 0.15) is 170 Å². The number of unbranched alkanes of at least 4 members (excludes halogenated alkanes) is 12. The van der Waals surface area contributed by atoms with Crippen molar-refractivity contribution in [2.24, 2.45) is 21.1 Å². The van der Waals surface area contributed by atoms with Gasteiger partial charge in [-0.25, -0.2) is 0 Å². The molecule has 4 nitrogen and oxygen atoms in total. The van der Waals surface area contributed by atoms with E-state index in [9.17, 15) is 10.5 Å². The molecule has 0 spiro atoms. The monoisotopic (exact) mass is 500 g/mol. The van der Waals surface area contributed by atoms with Crippen molar-refractivity contribution < 1.29 is 0 Å². The summed E-state index contributed by atoms with van der Waals surface area (Å²) >= 11 is 0. The predicted octanol–water partition coefficient (Wildman–Crippen LogP) is 11.1. The van der Waals surface area contributed by atoms with Crippen molar-refractivity contribution in [1.82, 2.24) is 0 Å². The van der Waals surface area contributed by atoms with Crippen molar-refractivity contribution in [2.75, 3.05) is 0 Å². The van der Waals surface area contributed by atoms with E-state index in [0.29, 0.717) is 0 Å². The van der Waals surface area contributed by atoms with E-state index in [2.05, 4.69) is 53.7 Å². The molecule has 0 heterocycles. The van der Waals surface area contributed by atoms with Crippen LogP contribution in [0.15, 0.2) is 10.2 Å². The highest BCUT2D eigenvalue weighted by Crippen LogP contribution is 2.39. The lowest BCUT2D eigenvalue weighted by molar-refractivity contribution is 0.232. The molecule has 0 saturated carbocycles. The van der Waals surface area contributed by atoms with Gasteiger partial charge in [-0.3, -0.25) is 0 Å². The molecule has 0 aliphatic heterocycles. The Morgan fingerprint density at radius 1 is 0.472 bits per heavy atom. The maximum atomic E-state index is 10.4. The molecule has 0 fully saturated rings. The third-order valence-electron chi connectivity index (χ3n) is 8.36. The molecule has 0 aliphatic rings. The molecule has 0 N–H and O–H groups in total. The van der Waals surface area contributed by atoms with Crippen LogP contribution in [-0.2, 0) is 0 Å². The molecule has 2 atom stereocenters. The second-order valence-corrected chi connectivity index (χ2v) is 11.4. The molecule has 36 heavy (non-hydrogen) atoms. The van der Waals surface area contributed by atoms with E-state index in [-0.39, 0.29) is 12.1 Å². The Morgan fingerprint density at radius 2 is 0.722 bits per heavy atom. The predicted molar refractivity (Wildman–Crippen MR) is 155 cm³/mol. The number of azo groups is 1. The van der Waals surface area contributed by atoms with Crippen LogP contribution in [0.5, 0.6) is 0 Å². The quantitative estimate of drug-likeness (QED) is 0.0976. The number of rotatable bonds is 24. The van der Waals surface area contributed by atoms with E-state index in [0.717, 1.165) is 51.4 Å². The highest BCUT2D eigenvalue weighted by molar-refractivity contribution is 5.07. The maximum absolute atomic E-state index is 10.4. The van der Waals surface area contributed by atoms with Gasteiger partial charge in [-0.15, -0.1) is 0 Å². The Labute approximate surface area is 225 Å². The summed E-state index contributed by atoms with van der Waals surface area (Å²) in [5.74, 6) is 0. The zero-order valence-corrected chi connectivity index (χ0v) is 25.1. The molecule has 0 aromatic heterocycles. The van der Waals surface area contributed by atoms with Gasteiger partial charge in [-0.2, -0.15) is 20.8 Å². The fraction of sp³-hybridized carbons (Fsp3) is 0.938. The number of nitriles is 2. The maximum Gasteiger partial charge on any atom is 0.0866 e. The lowest BCUT2D eigenvalue weighted by Gasteiger charge is -2.32. The molecular weight excluding hydrogens is 440 g/mol. The van der Waals surface area contributed by atoms with Gasteiger partial charge in [0.1, 0.15) is 0 Å². The second-order valence-electron chi connectivity index (χ2n) is 11.4. The largest absolute Gasteiger partial charge is 0.198 e. The third-order valence-corrected chi connectivity index (χ3v) is 8.36. The van der Waals surface area contributed by atoms with Crippen LogP contribution in [0, 0.1) is 33.5 Å². The summed E-state index contributed by atoms with van der Waals surface area (Å²) in [7, 11) is 0. The lowest BCUT2D eigenvalue weighted by Crippen LogP contribution is -2.33. The van der Waals surface area contributed by atoms with Crippen LogP contribution in [-0.4, -0.2) is 12.1 Å². The van der Waals surface area contributed by atoms with Gasteiger partial charge in [0.05, 0.1) is 35.1 Å². The summed E-state index contributed by atoms with van der Waals surface area (Å²) in [4.78, 5) is 0. The Balaban J connectivity index is 5.61. The van der Waals surface area contributed by atoms with Crippen LogP contribution in [0.4, 0.5) is 0 Å². The number of hydrogen-bond acceptors (Lipinski definition) is 4. The highest BCUT2D eigenvalue weighted by Gasteiger charge is 2.38. The molecule has 0 aliphatic carbocycles. The minimum atomic E-state index is -0.442. The first-order chi connectivity index (χ1) is 17.4. The van der Waals surface area contributed by atoms with Gasteiger partial charge in [0.25, 0.3) is 0 Å². The Morgan fingerprint density at radius 3 is 0.917 bits per heavy atom. The molecule has 0 amide bonds. The first kappa shape index (κ1) is 34.6. The SMILES string of the molecule is CCCCCCC(C#N)(CCCCCC)C(C)N=NC(C)C(C#N)(CCCCCC)CCCCCC. The first-order valence-corrected chi connectivity index (χ1v) is 15.6. The second kappa shape index (κ2) is 21.6. The van der Waals surface area contributed by atoms with Gasteiger partial charge in [0.15, 0.2) is 0 Å². The van der Waals surface area contributed by atoms with E-state index in [1.54, 1.807) is 0 Å². The zero-order chi connectivity index (χ0) is 27.1. The molecule has 2 unspecified atom stereocenters. The van der Waals surface area contributed by atoms with Crippen LogP contribution in [0.2, 0.25) is 0 Å². The van der Waals surface area contributed by atoms with Crippen molar-refractivity contribution in [1.29, 1.82) is 10.5 Å². The minimum absolute atomic E-state index is 0.134. The normalized spacial score (nSPS) is 14.0. The number of hydrogen-bond donors (Lipinski definition) is 0. The molecule has 0 aromatic rings. The van der Waals surface area contributed by atoms with E-state index in [1.807, 2.05) is 0 Å². The molecule has 0 aromatic carbocycles. The standard InChI is InChI=1S/C32H60N4/c1-7-11-15-19-23-31(27-33,24-20-16-12-8-2)29(5)35-36-30(6)32(28-34,25-21-17-13-9-3)26-22-18-14-10-4/h29-30H,7-26H2,1-6H3. The zero-order valence-electron chi connectivity index (χ0n) is 25.1. The van der Waals surface area contributed by atoms with Gasteiger partial charge in [0, 0.05) is 0 Å². The molecular formula is C32H60N4. The van der Waals surface area contributed by atoms with Gasteiger partial charge < -0.3 is 0 Å². The fourth-order valence-electron chi connectivity index (χ4n) is 5.39. The molecule has 208 valence electrons. The molecule has 0 bridgehead atoms. The van der Waals surface area contributed by atoms with E-state index >= 15 is 0 Å². The average Bonchev–Trinajstić information content (AvgIpc) is 2.90. The summed E-state index contributed by atoms with van der Waals surface area (Å²) in [6.07, 6.45) is 22.4. The Bertz CT molecular complexity index is 549. The molecule has 0 rings (SSSR count). The van der Waals surface area contributed by atoms with E-state index in [4.69, 9.17) is 10.2 Å². The molecule has 0 saturated heterocycles. The lowest BCUT2D eigenvalue weighted by atomic mass is 9.73. The van der Waals surface area contributed by atoms with Crippen molar-refractivity contribution >= 4 is 0 Å². The summed E-state index contributed by atoms with van der Waals surface area (Å²) in [5, 5.41) is 30.4. The van der Waals surface area contributed by atoms with Crippen molar-refractivity contribution in [3.63, 3.8) is 0 Å². The summed E-state index contributed by atoms with van der Waals surface area (Å²) < 4.78 is 0. The topological polar surface area (TPSA) is 72.3 Å². The van der Waals surface area contributed by atoms with Gasteiger partial charge >= 0.3 is 0 Å². The summed E-state index contributed by atoms with van der Waals surface area (Å²) in [6, 6.07) is 5.18. The highest BCUT2D eigenvalue weighted by atomic mass is 15.1. The van der Waals surface area contributed by atoms with Crippen molar-refractivity contribution in [3.05, 3.63) is 0 Å². The third kappa shape index (κ3) is 13.2. The van der Waals surface area contributed by atoms with Crippen molar-refractivity contribution in [3.8, 4) is 12.1 Å². The van der Waals surface area contributed by atoms with Crippen LogP contribution < -0.4 is 0 Å². The van der Waals surface area contributed by atoms with E-state index in [1.165, 1.54) is 77.0 Å². The van der Waals surface area contributed by atoms with Gasteiger partial charge in [0.2, 0.25) is 0 Å². The van der Waals surface area contributed by atoms with E-state index < -0.39 is 10.8 Å². The Kier molecular flexibility index (Phi) is 20.8. The van der Waals surface area contributed by atoms with Crippen LogP contribution in [0.3, 0.4) is 0 Å². The smallest absolute Gasteiger partial charge is 0.0866 e. The first-order valence-electron chi connectivity index (χ1n) is 15.6. The Hall–Kier alpha value is -1.42. The minimum Gasteiger partial charge on any atom is -0.198 e. The van der Waals surface area contributed by atoms with Crippen molar-refractivity contribution in [2.45, 2.75) is 182 Å². The molecule has 4 heteroatoms. The summed E-state index contributed by atoms with van der Waals surface area (Å²) in [6.45, 7) is 13.1. The van der Waals surface area contributed by atoms with Crippen LogP contribution in [0.25, 0.3) is 0 Å².